The Morgan fingerprint density at radius 1 is 1.00 bits per heavy atom. The Kier molecular flexibility index (Phi) is 12.1. The van der Waals surface area contributed by atoms with E-state index in [1.54, 1.807) is 0 Å². The van der Waals surface area contributed by atoms with Crippen LogP contribution in [0.4, 0.5) is 0 Å². The summed E-state index contributed by atoms with van der Waals surface area (Å²) in [5.41, 5.74) is 0. The number of nitrogens with one attached hydrogen (secondary N) is 1. The van der Waals surface area contributed by atoms with E-state index < -0.39 is 0 Å². The average Bonchev–Trinajstić information content (AvgIpc) is 3.26. The van der Waals surface area contributed by atoms with Gasteiger partial charge < -0.3 is 24.4 Å². The van der Waals surface area contributed by atoms with Gasteiger partial charge >= 0.3 is 0 Å². The molecule has 2 unspecified atom stereocenters. The summed E-state index contributed by atoms with van der Waals surface area (Å²) in [6.45, 7) is 5.30. The van der Waals surface area contributed by atoms with E-state index in [2.05, 4.69) is 15.2 Å². The maximum atomic E-state index is 6.01. The summed E-state index contributed by atoms with van der Waals surface area (Å²) >= 11 is 0. The molecule has 2 saturated heterocycles. The highest BCUT2D eigenvalue weighted by Crippen LogP contribution is 2.21. The van der Waals surface area contributed by atoms with E-state index in [-0.39, 0.29) is 36.2 Å². The topological polar surface area (TPSA) is 55.3 Å². The zero-order valence-corrected chi connectivity index (χ0v) is 19.9. The van der Waals surface area contributed by atoms with Crippen LogP contribution in [0.25, 0.3) is 0 Å². The van der Waals surface area contributed by atoms with Crippen molar-refractivity contribution in [1.29, 1.82) is 0 Å². The molecule has 0 aromatic heterocycles. The predicted octanol–water partition coefficient (Wildman–Crippen LogP) is 3.58. The highest BCUT2D eigenvalue weighted by Gasteiger charge is 2.32. The normalized spacial score (nSPS) is 26.9. The highest BCUT2D eigenvalue weighted by molar-refractivity contribution is 14.0. The maximum Gasteiger partial charge on any atom is 0.193 e. The molecule has 0 radical (unpaired) electrons. The molecule has 1 N–H and O–H groups in total. The first kappa shape index (κ1) is 24.2. The Morgan fingerprint density at radius 3 is 2.57 bits per heavy atom. The third kappa shape index (κ3) is 7.95. The van der Waals surface area contributed by atoms with Crippen molar-refractivity contribution in [3.8, 4) is 0 Å². The van der Waals surface area contributed by atoms with Gasteiger partial charge in [-0.2, -0.15) is 0 Å². The van der Waals surface area contributed by atoms with Crippen LogP contribution in [0.3, 0.4) is 0 Å². The maximum absolute atomic E-state index is 6.01. The monoisotopic (exact) mass is 509 g/mol. The van der Waals surface area contributed by atoms with E-state index in [4.69, 9.17) is 14.2 Å². The SMILES string of the molecule is CN=C(NCCCCCOC1CCCCC1)N1CCOC(C2CCCO2)C1.I. The van der Waals surface area contributed by atoms with E-state index in [0.717, 1.165) is 71.1 Å². The molecule has 0 amide bonds. The number of hydrogen-bond donors (Lipinski definition) is 1. The van der Waals surface area contributed by atoms with Crippen molar-refractivity contribution in [1.82, 2.24) is 10.2 Å². The van der Waals surface area contributed by atoms with Crippen LogP contribution in [0.1, 0.15) is 64.2 Å². The van der Waals surface area contributed by atoms with Crippen LogP contribution in [-0.2, 0) is 14.2 Å². The van der Waals surface area contributed by atoms with Crippen LogP contribution >= 0.6 is 24.0 Å². The second-order valence-electron chi connectivity index (χ2n) is 8.07. The number of guanidine groups is 1. The summed E-state index contributed by atoms with van der Waals surface area (Å²) in [7, 11) is 1.87. The zero-order chi connectivity index (χ0) is 18.7. The summed E-state index contributed by atoms with van der Waals surface area (Å²) in [6.07, 6.45) is 13.4. The molecule has 3 rings (SSSR count). The highest BCUT2D eigenvalue weighted by atomic mass is 127. The molecule has 0 spiro atoms. The predicted molar refractivity (Wildman–Crippen MR) is 124 cm³/mol. The molecule has 0 aromatic rings. The Hall–Kier alpha value is -0.120. The molecule has 2 heterocycles. The molecule has 0 aromatic carbocycles. The van der Waals surface area contributed by atoms with E-state index in [9.17, 15) is 0 Å². The minimum atomic E-state index is 0. The van der Waals surface area contributed by atoms with Crippen molar-refractivity contribution < 1.29 is 14.2 Å². The lowest BCUT2D eigenvalue weighted by Crippen LogP contribution is -2.53. The fourth-order valence-electron chi connectivity index (χ4n) is 4.41. The summed E-state index contributed by atoms with van der Waals surface area (Å²) in [4.78, 5) is 6.80. The van der Waals surface area contributed by atoms with Gasteiger partial charge in [0.25, 0.3) is 0 Å². The van der Waals surface area contributed by atoms with Crippen LogP contribution in [-0.4, -0.2) is 75.7 Å². The second kappa shape index (κ2) is 14.0. The number of hydrogen-bond acceptors (Lipinski definition) is 4. The molecule has 164 valence electrons. The molecule has 1 saturated carbocycles. The summed E-state index contributed by atoms with van der Waals surface area (Å²) in [5.74, 6) is 1.000. The number of aliphatic imine (C=N–C) groups is 1. The van der Waals surface area contributed by atoms with E-state index in [1.807, 2.05) is 7.05 Å². The van der Waals surface area contributed by atoms with Gasteiger partial charge in [0.05, 0.1) is 18.8 Å². The fraction of sp³-hybridized carbons (Fsp3) is 0.952. The Labute approximate surface area is 188 Å². The standard InChI is InChI=1S/C21H39N3O3.HI/c1-22-21(24-13-16-27-20(17-24)19-11-8-15-26-19)23-12-6-3-7-14-25-18-9-4-2-5-10-18;/h18-20H,2-17H2,1H3,(H,22,23);1H. The Bertz CT molecular complexity index is 441. The fourth-order valence-corrected chi connectivity index (χ4v) is 4.41. The zero-order valence-electron chi connectivity index (χ0n) is 17.6. The smallest absolute Gasteiger partial charge is 0.193 e. The molecule has 2 atom stereocenters. The lowest BCUT2D eigenvalue weighted by atomic mass is 9.98. The molecule has 7 heteroatoms. The van der Waals surface area contributed by atoms with Crippen LogP contribution in [0.15, 0.2) is 4.99 Å². The van der Waals surface area contributed by atoms with Crippen LogP contribution in [0, 0.1) is 0 Å². The van der Waals surface area contributed by atoms with Gasteiger partial charge in [-0.15, -0.1) is 24.0 Å². The lowest BCUT2D eigenvalue weighted by molar-refractivity contribution is -0.0816. The summed E-state index contributed by atoms with van der Waals surface area (Å²) in [6, 6.07) is 0. The summed E-state index contributed by atoms with van der Waals surface area (Å²) in [5, 5.41) is 3.53. The van der Waals surface area contributed by atoms with Gasteiger partial charge in [-0.3, -0.25) is 4.99 Å². The quantitative estimate of drug-likeness (QED) is 0.235. The Morgan fingerprint density at radius 2 is 1.82 bits per heavy atom. The molecule has 28 heavy (non-hydrogen) atoms. The molecular weight excluding hydrogens is 469 g/mol. The van der Waals surface area contributed by atoms with E-state index in [0.29, 0.717) is 6.10 Å². The molecule has 0 bridgehead atoms. The minimum Gasteiger partial charge on any atom is -0.378 e. The van der Waals surface area contributed by atoms with Crippen LogP contribution in [0.2, 0.25) is 0 Å². The number of morpholine rings is 1. The Balaban J connectivity index is 0.00000280. The van der Waals surface area contributed by atoms with Crippen LogP contribution in [0.5, 0.6) is 0 Å². The average molecular weight is 509 g/mol. The van der Waals surface area contributed by atoms with Gasteiger partial charge in [-0.1, -0.05) is 19.3 Å². The first-order chi connectivity index (χ1) is 13.4. The number of halogens is 1. The van der Waals surface area contributed by atoms with Crippen molar-refractivity contribution in [2.24, 2.45) is 4.99 Å². The van der Waals surface area contributed by atoms with Gasteiger partial charge in [0, 0.05) is 39.9 Å². The van der Waals surface area contributed by atoms with Crippen molar-refractivity contribution in [3.05, 3.63) is 0 Å². The van der Waals surface area contributed by atoms with Crippen molar-refractivity contribution in [3.63, 3.8) is 0 Å². The first-order valence-electron chi connectivity index (χ1n) is 11.2. The van der Waals surface area contributed by atoms with Gasteiger partial charge in [-0.25, -0.2) is 0 Å². The summed E-state index contributed by atoms with van der Waals surface area (Å²) < 4.78 is 17.8. The van der Waals surface area contributed by atoms with Crippen molar-refractivity contribution in [2.45, 2.75) is 82.5 Å². The van der Waals surface area contributed by atoms with Gasteiger partial charge in [0.2, 0.25) is 0 Å². The van der Waals surface area contributed by atoms with E-state index >= 15 is 0 Å². The van der Waals surface area contributed by atoms with Crippen molar-refractivity contribution in [2.75, 3.05) is 46.5 Å². The molecule has 6 nitrogen and oxygen atoms in total. The van der Waals surface area contributed by atoms with Crippen LogP contribution < -0.4 is 5.32 Å². The largest absolute Gasteiger partial charge is 0.378 e. The number of nitrogens with zero attached hydrogens (tertiary/aromatic N) is 2. The molecule has 3 fully saturated rings. The third-order valence-corrected chi connectivity index (χ3v) is 5.99. The molecule has 1 aliphatic carbocycles. The molecule has 3 aliphatic rings. The number of rotatable bonds is 8. The van der Waals surface area contributed by atoms with Gasteiger partial charge in [0.1, 0.15) is 6.10 Å². The molecular formula is C21H40IN3O3. The van der Waals surface area contributed by atoms with Gasteiger partial charge in [-0.05, 0) is 44.9 Å². The number of unbranched alkanes of at least 4 members (excludes halogenated alkanes) is 2. The first-order valence-corrected chi connectivity index (χ1v) is 11.2. The van der Waals surface area contributed by atoms with Crippen molar-refractivity contribution >= 4 is 29.9 Å². The molecule has 2 aliphatic heterocycles. The number of ether oxygens (including phenoxy) is 3. The van der Waals surface area contributed by atoms with Gasteiger partial charge in [0.15, 0.2) is 5.96 Å². The third-order valence-electron chi connectivity index (χ3n) is 5.99. The second-order valence-corrected chi connectivity index (χ2v) is 8.07. The van der Waals surface area contributed by atoms with E-state index in [1.165, 1.54) is 38.5 Å². The minimum absolute atomic E-state index is 0. The lowest BCUT2D eigenvalue weighted by Gasteiger charge is -2.37.